The summed E-state index contributed by atoms with van der Waals surface area (Å²) in [5, 5.41) is 0. The molecule has 4 aliphatic heterocycles. The highest BCUT2D eigenvalue weighted by atomic mass is 19.1. The van der Waals surface area contributed by atoms with Crippen LogP contribution in [0.5, 0.6) is 34.5 Å². The van der Waals surface area contributed by atoms with Gasteiger partial charge in [0, 0.05) is 0 Å². The van der Waals surface area contributed by atoms with Crippen LogP contribution in [0.3, 0.4) is 0 Å². The zero-order valence-corrected chi connectivity index (χ0v) is 52.9. The first-order valence-corrected chi connectivity index (χ1v) is 32.2. The first kappa shape index (κ1) is 67.8. The Bertz CT molecular complexity index is 3600. The lowest BCUT2D eigenvalue weighted by Gasteiger charge is -2.18. The van der Waals surface area contributed by atoms with Gasteiger partial charge in [-0.3, -0.25) is 0 Å². The maximum Gasteiger partial charge on any atom is 0.344 e. The largest absolute Gasteiger partial charge is 0.494 e. The minimum absolute atomic E-state index is 0.149. The Morgan fingerprint density at radius 3 is 0.948 bits per heavy atom. The second kappa shape index (κ2) is 32.7. The molecule has 0 N–H and O–H groups in total. The van der Waals surface area contributed by atoms with E-state index in [4.69, 9.17) is 56.8 Å². The Morgan fingerprint density at radius 2 is 0.635 bits per heavy atom. The molecule has 4 fully saturated rings. The molecule has 4 heterocycles. The zero-order valence-electron chi connectivity index (χ0n) is 52.9. The van der Waals surface area contributed by atoms with E-state index in [-0.39, 0.29) is 37.6 Å². The maximum atomic E-state index is 15.2. The van der Waals surface area contributed by atoms with Gasteiger partial charge in [0.2, 0.25) is 0 Å². The number of benzene rings is 8. The topological polar surface area (TPSA) is 179 Å². The Kier molecular flexibility index (Phi) is 23.1. The average Bonchev–Trinajstić information content (AvgIpc) is 1.53. The summed E-state index contributed by atoms with van der Waals surface area (Å²) in [5.74, 6) is -4.13. The van der Waals surface area contributed by atoms with E-state index in [1.807, 2.05) is 60.7 Å². The smallest absolute Gasteiger partial charge is 0.344 e. The molecule has 0 aromatic heterocycles. The van der Waals surface area contributed by atoms with E-state index >= 15 is 17.6 Å². The van der Waals surface area contributed by atoms with Gasteiger partial charge in [-0.25, -0.2) is 36.7 Å². The van der Waals surface area contributed by atoms with Gasteiger partial charge in [0.25, 0.3) is 0 Å². The van der Waals surface area contributed by atoms with E-state index in [9.17, 15) is 19.2 Å². The molecular weight excluding hydrogens is 1240 g/mol. The number of hydrogen-bond donors (Lipinski definition) is 0. The number of esters is 4. The van der Waals surface area contributed by atoms with Crippen LogP contribution in [-0.2, 0) is 37.9 Å². The van der Waals surface area contributed by atoms with E-state index in [0.717, 1.165) is 75.6 Å². The van der Waals surface area contributed by atoms with Gasteiger partial charge in [-0.2, -0.15) is 0 Å². The molecule has 4 saturated heterocycles. The molecule has 16 nitrogen and oxygen atoms in total. The van der Waals surface area contributed by atoms with Crippen molar-refractivity contribution >= 4 is 23.9 Å². The van der Waals surface area contributed by atoms with E-state index in [2.05, 4.69) is 13.8 Å². The van der Waals surface area contributed by atoms with Crippen LogP contribution in [0.1, 0.15) is 107 Å². The number of ether oxygens (including phenoxy) is 12. The lowest BCUT2D eigenvalue weighted by molar-refractivity contribution is -0.0297. The van der Waals surface area contributed by atoms with Crippen LogP contribution < -0.4 is 18.9 Å². The first-order valence-electron chi connectivity index (χ1n) is 32.2. The van der Waals surface area contributed by atoms with Crippen LogP contribution in [-0.4, -0.2) is 112 Å². The normalized spacial score (nSPS) is 19.8. The molecule has 0 bridgehead atoms. The monoisotopic (exact) mass is 1320 g/mol. The molecule has 0 spiro atoms. The highest BCUT2D eigenvalue weighted by Gasteiger charge is 2.53. The summed E-state index contributed by atoms with van der Waals surface area (Å²) in [5.41, 5.74) is 0.459. The SMILES string of the molecule is CCCCCCOc1ccc(-c2cc(F)c(C(=O)O[C@H]3CO[C@@H]4[C@H]3OC[C@H]4OC(=O)c3c(F)cc(-c4ccc(OCCCCCC)cc4)cc3F)c(F)c2)cc1.O=C(O[C@H]1CO[C@@H]2[C@H]1OC[C@H]2OC(=O)c1ccc(Oc2ccccc2)cc1)c1ccc(Oc2ccccc2)cc1. The van der Waals surface area contributed by atoms with Crippen LogP contribution in [0, 0.1) is 23.3 Å². The number of unbranched alkanes of at least 4 members (excludes halogenated alkanes) is 6. The highest BCUT2D eigenvalue weighted by Crippen LogP contribution is 2.36. The number of rotatable bonds is 26. The third-order valence-electron chi connectivity index (χ3n) is 16.5. The van der Waals surface area contributed by atoms with Crippen LogP contribution >= 0.6 is 0 Å². The molecule has 96 heavy (non-hydrogen) atoms. The second-order valence-corrected chi connectivity index (χ2v) is 23.3. The van der Waals surface area contributed by atoms with Gasteiger partial charge in [-0.05, 0) is 156 Å². The van der Waals surface area contributed by atoms with Crippen molar-refractivity contribution in [2.45, 2.75) is 114 Å². The van der Waals surface area contributed by atoms with Gasteiger partial charge in [-0.1, -0.05) is 113 Å². The summed E-state index contributed by atoms with van der Waals surface area (Å²) in [7, 11) is 0. The van der Waals surface area contributed by atoms with Crippen molar-refractivity contribution in [1.82, 2.24) is 0 Å². The molecule has 500 valence electrons. The van der Waals surface area contributed by atoms with Crippen molar-refractivity contribution in [3.63, 3.8) is 0 Å². The molecule has 0 aliphatic carbocycles. The molecule has 0 radical (unpaired) electrons. The van der Waals surface area contributed by atoms with Crippen molar-refractivity contribution < 1.29 is 93.6 Å². The summed E-state index contributed by atoms with van der Waals surface area (Å²) in [6.45, 7) is 5.25. The fraction of sp³-hybridized carbons (Fsp3) is 0.316. The Hall–Kier alpha value is -9.60. The lowest BCUT2D eigenvalue weighted by atomic mass is 10.0. The second-order valence-electron chi connectivity index (χ2n) is 23.3. The molecule has 4 aliphatic rings. The minimum Gasteiger partial charge on any atom is -0.494 e. The van der Waals surface area contributed by atoms with E-state index in [1.165, 1.54) is 0 Å². The molecule has 0 amide bonds. The molecule has 0 saturated carbocycles. The maximum absolute atomic E-state index is 15.2. The number of para-hydroxylation sites is 2. The van der Waals surface area contributed by atoms with Crippen LogP contribution in [0.15, 0.2) is 182 Å². The summed E-state index contributed by atoms with van der Waals surface area (Å²) in [6, 6.07) is 49.9. The van der Waals surface area contributed by atoms with E-state index < -0.39 is 107 Å². The lowest BCUT2D eigenvalue weighted by Crippen LogP contribution is -2.36. The first-order chi connectivity index (χ1) is 46.8. The number of halogens is 4. The third kappa shape index (κ3) is 17.3. The molecule has 12 rings (SSSR count). The van der Waals surface area contributed by atoms with Crippen LogP contribution in [0.4, 0.5) is 17.6 Å². The summed E-state index contributed by atoms with van der Waals surface area (Å²) in [6.07, 6.45) is 2.14. The van der Waals surface area contributed by atoms with Crippen molar-refractivity contribution in [1.29, 1.82) is 0 Å². The van der Waals surface area contributed by atoms with Crippen LogP contribution in [0.2, 0.25) is 0 Å². The minimum atomic E-state index is -1.27. The van der Waals surface area contributed by atoms with Gasteiger partial charge < -0.3 is 56.8 Å². The molecule has 8 atom stereocenters. The van der Waals surface area contributed by atoms with Gasteiger partial charge in [0.15, 0.2) is 24.4 Å². The summed E-state index contributed by atoms with van der Waals surface area (Å²) >= 11 is 0. The number of carbonyl (C=O) groups excluding carboxylic acids is 4. The predicted octanol–water partition coefficient (Wildman–Crippen LogP) is 15.9. The van der Waals surface area contributed by atoms with Crippen molar-refractivity contribution in [3.05, 3.63) is 228 Å². The quantitative estimate of drug-likeness (QED) is 0.0216. The predicted molar refractivity (Wildman–Crippen MR) is 345 cm³/mol. The standard InChI is InChI=1S/C44H46F4O8.C32H26O8/c1-3-5-7-9-19-51-31-15-11-27(12-16-31)29-21-33(45)39(34(46)22-29)43(49)55-37-25-53-42-38(26-54-41(37)42)56-44(50)40-35(47)23-30(24-36(40)48)28-13-17-32(18-14-28)52-20-10-8-6-4-2;33-31(21-11-15-25(16-12-21)37-23-7-3-1-4-8-23)39-27-19-35-30-28(20-36-29(27)30)40-32(34)22-13-17-26(18-14-22)38-24-9-5-2-6-10-24/h11-18,21-24,37-38,41-42H,3-10,19-20,25-26H2,1-2H3;1-18,27-30H,19-20H2/t37-,38+,41-,42-;27-,28+,29-,30-/m00/s1. The summed E-state index contributed by atoms with van der Waals surface area (Å²) in [4.78, 5) is 51.6. The number of fused-ring (bicyclic) bond motifs is 2. The van der Waals surface area contributed by atoms with Gasteiger partial charge in [0.05, 0.1) is 50.8 Å². The van der Waals surface area contributed by atoms with Crippen LogP contribution in [0.25, 0.3) is 22.3 Å². The Morgan fingerprint density at radius 1 is 0.344 bits per heavy atom. The van der Waals surface area contributed by atoms with Gasteiger partial charge in [0.1, 0.15) is 93.3 Å². The van der Waals surface area contributed by atoms with Crippen molar-refractivity contribution in [3.8, 4) is 56.8 Å². The molecule has 20 heteroatoms. The summed E-state index contributed by atoms with van der Waals surface area (Å²) < 4.78 is 129. The van der Waals surface area contributed by atoms with Gasteiger partial charge >= 0.3 is 23.9 Å². The third-order valence-corrected chi connectivity index (χ3v) is 16.5. The Labute approximate surface area is 553 Å². The molecule has 8 aromatic carbocycles. The molecule has 8 aromatic rings. The zero-order chi connectivity index (χ0) is 66.9. The number of hydrogen-bond acceptors (Lipinski definition) is 16. The fourth-order valence-electron chi connectivity index (χ4n) is 11.4. The van der Waals surface area contributed by atoms with E-state index in [1.54, 1.807) is 97.1 Å². The molecular formula is C76H72F4O16. The van der Waals surface area contributed by atoms with Crippen molar-refractivity contribution in [2.24, 2.45) is 0 Å². The van der Waals surface area contributed by atoms with Crippen molar-refractivity contribution in [2.75, 3.05) is 39.6 Å². The van der Waals surface area contributed by atoms with E-state index in [0.29, 0.717) is 70.0 Å². The number of carbonyl (C=O) groups is 4. The molecule has 0 unspecified atom stereocenters. The fourth-order valence-corrected chi connectivity index (χ4v) is 11.4. The average molecular weight is 1320 g/mol. The highest BCUT2D eigenvalue weighted by molar-refractivity contribution is 5.92. The Balaban J connectivity index is 0.000000206. The van der Waals surface area contributed by atoms with Gasteiger partial charge in [-0.15, -0.1) is 0 Å².